The summed E-state index contributed by atoms with van der Waals surface area (Å²) in [7, 11) is 0. The second-order valence-electron chi connectivity index (χ2n) is 7.03. The third-order valence-electron chi connectivity index (χ3n) is 4.81. The molecule has 3 rings (SSSR count). The van der Waals surface area contributed by atoms with Crippen molar-refractivity contribution in [2.75, 3.05) is 12.9 Å². The first-order valence-corrected chi connectivity index (χ1v) is 10.7. The number of carboxylic acids is 1. The minimum atomic E-state index is -4.52. The zero-order chi connectivity index (χ0) is 21.2. The lowest BCUT2D eigenvalue weighted by Crippen LogP contribution is -2.20. The van der Waals surface area contributed by atoms with E-state index in [1.807, 2.05) is 0 Å². The summed E-state index contributed by atoms with van der Waals surface area (Å²) in [6, 6.07) is 10.4. The highest BCUT2D eigenvalue weighted by Gasteiger charge is 2.34. The molecule has 0 radical (unpaired) electrons. The molecule has 0 aromatic heterocycles. The molecule has 0 heterocycles. The summed E-state index contributed by atoms with van der Waals surface area (Å²) in [4.78, 5) is 12.4. The number of thioether (sulfide) groups is 1. The van der Waals surface area contributed by atoms with Crippen LogP contribution >= 0.6 is 23.4 Å². The van der Waals surface area contributed by atoms with E-state index in [2.05, 4.69) is 0 Å². The van der Waals surface area contributed by atoms with Crippen molar-refractivity contribution in [2.45, 2.75) is 36.3 Å². The second kappa shape index (κ2) is 8.88. The summed E-state index contributed by atoms with van der Waals surface area (Å²) in [5, 5.41) is 9.84. The van der Waals surface area contributed by atoms with Crippen LogP contribution in [0, 0.1) is 5.92 Å². The topological polar surface area (TPSA) is 46.5 Å². The van der Waals surface area contributed by atoms with Crippen molar-refractivity contribution < 1.29 is 27.8 Å². The average molecular weight is 445 g/mol. The van der Waals surface area contributed by atoms with Gasteiger partial charge in [-0.15, -0.1) is 11.8 Å². The largest absolute Gasteiger partial charge is 0.482 e. The molecular weight excluding hydrogens is 425 g/mol. The van der Waals surface area contributed by atoms with Gasteiger partial charge in [0.15, 0.2) is 6.61 Å². The molecule has 156 valence electrons. The molecule has 1 unspecified atom stereocenters. The Labute approximate surface area is 176 Å². The lowest BCUT2D eigenvalue weighted by atomic mass is 9.90. The number of alkyl halides is 3. The highest BCUT2D eigenvalue weighted by Crippen LogP contribution is 2.48. The Morgan fingerprint density at radius 3 is 2.48 bits per heavy atom. The maximum Gasteiger partial charge on any atom is 0.422 e. The van der Waals surface area contributed by atoms with E-state index >= 15 is 0 Å². The number of benzene rings is 2. The van der Waals surface area contributed by atoms with E-state index in [0.29, 0.717) is 33.9 Å². The molecule has 1 atom stereocenters. The number of rotatable bonds is 8. The number of carbonyl (C=O) groups is 1. The molecule has 29 heavy (non-hydrogen) atoms. The molecule has 1 N–H and O–H groups in total. The maximum atomic E-state index is 12.8. The van der Waals surface area contributed by atoms with Gasteiger partial charge in [-0.05, 0) is 35.8 Å². The van der Waals surface area contributed by atoms with Crippen molar-refractivity contribution >= 4 is 29.3 Å². The van der Waals surface area contributed by atoms with E-state index in [4.69, 9.17) is 16.3 Å². The molecule has 1 aliphatic carbocycles. The van der Waals surface area contributed by atoms with Gasteiger partial charge in [0.1, 0.15) is 5.75 Å². The highest BCUT2D eigenvalue weighted by atomic mass is 35.5. The van der Waals surface area contributed by atoms with E-state index in [1.165, 1.54) is 11.8 Å². The number of halogens is 4. The molecule has 3 nitrogen and oxygen atoms in total. The molecular formula is C21H20ClF3O3S. The Bertz CT molecular complexity index is 883. The van der Waals surface area contributed by atoms with Crippen LogP contribution in [0.4, 0.5) is 13.2 Å². The van der Waals surface area contributed by atoms with Crippen LogP contribution in [0.3, 0.4) is 0 Å². The summed E-state index contributed by atoms with van der Waals surface area (Å²) in [5.41, 5.74) is 1.48. The maximum absolute atomic E-state index is 12.8. The van der Waals surface area contributed by atoms with Crippen LogP contribution in [0.5, 0.6) is 5.75 Å². The molecule has 2 aromatic rings. The van der Waals surface area contributed by atoms with Crippen LogP contribution in [0.1, 0.15) is 30.7 Å². The molecule has 1 fully saturated rings. The van der Waals surface area contributed by atoms with Crippen molar-refractivity contribution in [2.24, 2.45) is 5.92 Å². The van der Waals surface area contributed by atoms with Gasteiger partial charge >= 0.3 is 12.1 Å². The van der Waals surface area contributed by atoms with Crippen LogP contribution in [-0.4, -0.2) is 30.1 Å². The second-order valence-corrected chi connectivity index (χ2v) is 8.22. The van der Waals surface area contributed by atoms with Crippen LogP contribution in [0.2, 0.25) is 5.02 Å². The first-order chi connectivity index (χ1) is 13.7. The van der Waals surface area contributed by atoms with Gasteiger partial charge in [0, 0.05) is 10.5 Å². The molecule has 2 aromatic carbocycles. The number of hydrogen-bond donors (Lipinski definition) is 1. The van der Waals surface area contributed by atoms with Gasteiger partial charge in [0.2, 0.25) is 0 Å². The van der Waals surface area contributed by atoms with E-state index in [1.54, 1.807) is 42.7 Å². The summed E-state index contributed by atoms with van der Waals surface area (Å²) in [5.74, 6) is -1.47. The lowest BCUT2D eigenvalue weighted by molar-refractivity contribution is -0.153. The summed E-state index contributed by atoms with van der Waals surface area (Å²) in [6.07, 6.45) is -0.341. The smallest absolute Gasteiger partial charge is 0.422 e. The van der Waals surface area contributed by atoms with Crippen molar-refractivity contribution in [3.8, 4) is 16.9 Å². The monoisotopic (exact) mass is 444 g/mol. The van der Waals surface area contributed by atoms with Crippen LogP contribution in [0.25, 0.3) is 11.1 Å². The Hall–Kier alpha value is -1.86. The fraction of sp³-hybridized carbons (Fsp3) is 0.381. The van der Waals surface area contributed by atoms with Crippen molar-refractivity contribution in [1.82, 2.24) is 0 Å². The van der Waals surface area contributed by atoms with Gasteiger partial charge in [-0.2, -0.15) is 13.2 Å². The molecule has 0 spiro atoms. The fourth-order valence-electron chi connectivity index (χ4n) is 3.28. The molecule has 1 saturated carbocycles. The quantitative estimate of drug-likeness (QED) is 0.464. The zero-order valence-electron chi connectivity index (χ0n) is 15.6. The molecule has 0 saturated heterocycles. The highest BCUT2D eigenvalue weighted by molar-refractivity contribution is 7.98. The predicted molar refractivity (Wildman–Crippen MR) is 108 cm³/mol. The Balaban J connectivity index is 2.16. The van der Waals surface area contributed by atoms with E-state index in [0.717, 1.165) is 12.8 Å². The average Bonchev–Trinajstić information content (AvgIpc) is 3.48. The predicted octanol–water partition coefficient (Wildman–Crippen LogP) is 6.64. The fourth-order valence-corrected chi connectivity index (χ4v) is 4.48. The van der Waals surface area contributed by atoms with Gasteiger partial charge in [0.25, 0.3) is 0 Å². The number of carboxylic acid groups (broad SMARTS) is 1. The number of aliphatic carboxylic acids is 1. The molecule has 0 aliphatic heterocycles. The third kappa shape index (κ3) is 5.39. The van der Waals surface area contributed by atoms with E-state index in [9.17, 15) is 23.1 Å². The Morgan fingerprint density at radius 2 is 1.97 bits per heavy atom. The normalized spacial score (nSPS) is 15.2. The van der Waals surface area contributed by atoms with Gasteiger partial charge < -0.3 is 9.84 Å². The first-order valence-electron chi connectivity index (χ1n) is 9.09. The van der Waals surface area contributed by atoms with Crippen molar-refractivity contribution in [1.29, 1.82) is 0 Å². The van der Waals surface area contributed by atoms with E-state index in [-0.39, 0.29) is 10.8 Å². The van der Waals surface area contributed by atoms with Gasteiger partial charge in [0.05, 0.1) is 10.9 Å². The summed E-state index contributed by atoms with van der Waals surface area (Å²) < 4.78 is 43.5. The van der Waals surface area contributed by atoms with Crippen LogP contribution in [-0.2, 0) is 4.79 Å². The Kier molecular flexibility index (Phi) is 6.69. The Morgan fingerprint density at radius 1 is 1.31 bits per heavy atom. The lowest BCUT2D eigenvalue weighted by Gasteiger charge is -2.22. The first kappa shape index (κ1) is 21.8. The van der Waals surface area contributed by atoms with E-state index < -0.39 is 24.7 Å². The standard InChI is InChI=1S/C21H20ClF3O3S/c1-29-19-15(16(20(26)27)9-12-7-8-12)10-14(13-5-3-2-4-6-13)18(17(19)22)28-11-21(23,24)25/h2-6,10,12,16H,7-9,11H2,1H3,(H,26,27). The minimum absolute atomic E-state index is 0.0140. The summed E-state index contributed by atoms with van der Waals surface area (Å²) in [6.45, 7) is -1.48. The molecule has 1 aliphatic rings. The SMILES string of the molecule is CSc1c(C(CC2CC2)C(=O)O)cc(-c2ccccc2)c(OCC(F)(F)F)c1Cl. The number of hydrogen-bond acceptors (Lipinski definition) is 3. The number of ether oxygens (including phenoxy) is 1. The van der Waals surface area contributed by atoms with Gasteiger partial charge in [-0.1, -0.05) is 54.8 Å². The van der Waals surface area contributed by atoms with Crippen molar-refractivity contribution in [3.05, 3.63) is 47.0 Å². The molecule has 0 amide bonds. The van der Waals surface area contributed by atoms with Gasteiger partial charge in [-0.3, -0.25) is 4.79 Å². The van der Waals surface area contributed by atoms with Gasteiger partial charge in [-0.25, -0.2) is 0 Å². The molecule has 0 bridgehead atoms. The van der Waals surface area contributed by atoms with Crippen molar-refractivity contribution in [3.63, 3.8) is 0 Å². The zero-order valence-corrected chi connectivity index (χ0v) is 17.2. The van der Waals surface area contributed by atoms with Crippen LogP contribution < -0.4 is 4.74 Å². The summed E-state index contributed by atoms with van der Waals surface area (Å²) >= 11 is 7.70. The molecule has 8 heteroatoms. The third-order valence-corrected chi connectivity index (χ3v) is 6.13. The van der Waals surface area contributed by atoms with Crippen LogP contribution in [0.15, 0.2) is 41.3 Å². The minimum Gasteiger partial charge on any atom is -0.482 e.